The number of aromatic nitrogens is 16. The highest BCUT2D eigenvalue weighted by Crippen LogP contribution is 2.34. The van der Waals surface area contributed by atoms with Gasteiger partial charge in [-0.05, 0) is 191 Å². The van der Waals surface area contributed by atoms with Crippen molar-refractivity contribution in [3.8, 4) is 45.0 Å². The minimum Gasteiger partial charge on any atom is -0.368 e. The molecule has 4 aliphatic rings. The number of hydrogen-bond acceptors (Lipinski definition) is 18. The maximum Gasteiger partial charge on any atom is 0.258 e. The van der Waals surface area contributed by atoms with Gasteiger partial charge in [-0.2, -0.15) is 0 Å². The van der Waals surface area contributed by atoms with Gasteiger partial charge in [0.15, 0.2) is 22.6 Å². The molecule has 0 aromatic carbocycles. The molecule has 0 radical (unpaired) electrons. The first kappa shape index (κ1) is 79.3. The van der Waals surface area contributed by atoms with Crippen LogP contribution in [0.15, 0.2) is 191 Å². The molecular weight excluding hydrogens is 1570 g/mol. The predicted molar refractivity (Wildman–Crippen MR) is 469 cm³/mol. The van der Waals surface area contributed by atoms with Gasteiger partial charge >= 0.3 is 0 Å². The van der Waals surface area contributed by atoms with Crippen LogP contribution in [-0.4, -0.2) is 188 Å². The van der Waals surface area contributed by atoms with Gasteiger partial charge in [0.05, 0.1) is 77.0 Å². The monoisotopic (exact) mass is 1660 g/mol. The lowest BCUT2D eigenvalue weighted by atomic mass is 9.91. The summed E-state index contributed by atoms with van der Waals surface area (Å²) in [5.41, 5.74) is 18.5. The highest BCUT2D eigenvalue weighted by Gasteiger charge is 2.25. The summed E-state index contributed by atoms with van der Waals surface area (Å²) < 4.78 is 14.0. The number of fused-ring (bicyclic) bond motifs is 8. The summed E-state index contributed by atoms with van der Waals surface area (Å²) in [6.45, 7) is 27.6. The molecule has 4 fully saturated rings. The van der Waals surface area contributed by atoms with E-state index in [0.717, 1.165) is 167 Å². The Morgan fingerprint density at radius 2 is 0.686 bits per heavy atom. The molecule has 20 rings (SSSR count). The number of nitrogens with zero attached hydrogens (tertiary/aromatic N) is 21. The minimum absolute atomic E-state index is 0.0854. The van der Waals surface area contributed by atoms with E-state index in [9.17, 15) is 19.2 Å². The average Bonchev–Trinajstić information content (AvgIpc) is 1.28. The van der Waals surface area contributed by atoms with Crippen molar-refractivity contribution in [3.05, 3.63) is 267 Å². The maximum absolute atomic E-state index is 12.9. The molecule has 4 aliphatic heterocycles. The molecule has 0 saturated carbocycles. The highest BCUT2D eigenvalue weighted by atomic mass is 35.5. The molecule has 604 valence electrons. The second-order valence-corrected chi connectivity index (χ2v) is 33.1. The van der Waals surface area contributed by atoms with Gasteiger partial charge < -0.3 is 42.5 Å². The molecule has 30 heteroatoms. The van der Waals surface area contributed by atoms with Crippen molar-refractivity contribution < 1.29 is 0 Å². The zero-order valence-electron chi connectivity index (χ0n) is 67.0. The van der Waals surface area contributed by atoms with E-state index in [0.29, 0.717) is 106 Å². The molecule has 26 nitrogen and oxygen atoms in total. The summed E-state index contributed by atoms with van der Waals surface area (Å²) in [5.74, 6) is 0.982. The average molecular weight is 1660 g/mol. The Morgan fingerprint density at radius 1 is 0.373 bits per heavy atom. The molecule has 16 aromatic heterocycles. The maximum atomic E-state index is 12.9. The number of aryl methyl sites for hydroxylation is 4. The van der Waals surface area contributed by atoms with E-state index in [1.165, 1.54) is 11.1 Å². The summed E-state index contributed by atoms with van der Waals surface area (Å²) >= 11 is 25.6. The Morgan fingerprint density at radius 3 is 1.02 bits per heavy atom. The number of rotatable bonds is 10. The smallest absolute Gasteiger partial charge is 0.258 e. The number of imidazole rings is 4. The third-order valence-electron chi connectivity index (χ3n) is 22.9. The number of pyridine rings is 8. The van der Waals surface area contributed by atoms with Crippen LogP contribution in [0.5, 0.6) is 0 Å². The summed E-state index contributed by atoms with van der Waals surface area (Å²) in [6, 6.07) is 30.1. The fraction of sp³-hybridized carbons (Fsp3) is 0.318. The van der Waals surface area contributed by atoms with E-state index >= 15 is 0 Å². The van der Waals surface area contributed by atoms with Gasteiger partial charge in [-0.3, -0.25) is 41.7 Å². The van der Waals surface area contributed by atoms with Crippen molar-refractivity contribution in [2.75, 3.05) is 102 Å². The normalized spacial score (nSPS) is 15.6. The molecule has 0 aliphatic carbocycles. The highest BCUT2D eigenvalue weighted by molar-refractivity contribution is 6.35. The van der Waals surface area contributed by atoms with Crippen molar-refractivity contribution in [1.29, 1.82) is 0 Å². The number of nitrogens with one attached hydrogen (secondary N) is 1. The molecule has 4 saturated heterocycles. The molecule has 1 N–H and O–H groups in total. The molecule has 0 bridgehead atoms. The predicted octanol–water partition coefficient (Wildman–Crippen LogP) is 13.8. The fourth-order valence-corrected chi connectivity index (χ4v) is 17.5. The Balaban J connectivity index is 0.000000113. The van der Waals surface area contributed by atoms with Crippen LogP contribution in [0.4, 0.5) is 11.4 Å². The Bertz CT molecular complexity index is 6790. The lowest BCUT2D eigenvalue weighted by Gasteiger charge is -2.38. The quantitative estimate of drug-likeness (QED) is 0.134. The number of piperazine rings is 2. The second-order valence-electron chi connectivity index (χ2n) is 31.4. The van der Waals surface area contributed by atoms with Gasteiger partial charge in [0.2, 0.25) is 0 Å². The number of hydrogen-bond donors (Lipinski definition) is 1. The van der Waals surface area contributed by atoms with Crippen LogP contribution in [0, 0.1) is 27.7 Å². The standard InChI is InChI=1S/C23H25ClN6O.C22H23ClN6O.C22H22ClN5O.C21H20ClN5O/c1-15(2)27-6-8-28(9-7-27)18-4-5-21-26-20(11-22(31)30(21)14-18)17-10-19(24)23-25-16(3)12-29(23)13-17;1-3-26-6-8-27(9-7-26)17-4-5-20-25-19(11-21(30)29(20)14-17)16-10-18(23)22-24-15(2)12-28(22)13-16;1-14-11-27-12-17(9-18(23)22(27)24-14)19-10-21(29)28-13-16(3-4-20(28)25-19)15-5-7-26(2)8-6-15;1-13-10-26-11-16(8-17(22)21(26)24-13)18-9-20(28)27-12-15(2-3-19(27)25-18)14-4-6-23-7-5-14/h4-5,10-15H,6-9H2,1-3H3;4-5,10-14H,3,6-9H2,1-2H3;3-4,9-13,15H,5-8H2,1-2H3;2-3,8-12,14,23H,4-7H2,1H3. The number of anilines is 2. The molecule has 16 aromatic rings. The number of piperidine rings is 2. The van der Waals surface area contributed by atoms with E-state index < -0.39 is 0 Å². The third kappa shape index (κ3) is 16.6. The van der Waals surface area contributed by atoms with Gasteiger partial charge in [0, 0.05) is 179 Å². The topological polar surface area (TPSA) is 235 Å². The van der Waals surface area contributed by atoms with Crippen molar-refractivity contribution in [1.82, 2.24) is 95.1 Å². The number of halogens is 4. The fourth-order valence-electron chi connectivity index (χ4n) is 16.5. The zero-order chi connectivity index (χ0) is 81.9. The summed E-state index contributed by atoms with van der Waals surface area (Å²) in [7, 11) is 2.15. The molecule has 0 amide bonds. The lowest BCUT2D eigenvalue weighted by molar-refractivity contribution is 0.209. The van der Waals surface area contributed by atoms with Gasteiger partial charge in [0.1, 0.15) is 22.6 Å². The Labute approximate surface area is 699 Å². The largest absolute Gasteiger partial charge is 0.368 e. The van der Waals surface area contributed by atoms with Gasteiger partial charge in [-0.1, -0.05) is 65.5 Å². The summed E-state index contributed by atoms with van der Waals surface area (Å²) in [4.78, 5) is 100.0. The van der Waals surface area contributed by atoms with E-state index in [2.05, 4.69) is 89.7 Å². The third-order valence-corrected chi connectivity index (χ3v) is 24.1. The van der Waals surface area contributed by atoms with Gasteiger partial charge in [-0.25, -0.2) is 39.9 Å². The van der Waals surface area contributed by atoms with Crippen LogP contribution in [-0.2, 0) is 0 Å². The van der Waals surface area contributed by atoms with Crippen molar-refractivity contribution >= 4 is 103 Å². The number of likely N-dealkylation sites (tertiary alicyclic amines) is 1. The van der Waals surface area contributed by atoms with E-state index in [1.54, 1.807) is 41.9 Å². The van der Waals surface area contributed by atoms with E-state index in [4.69, 9.17) is 66.3 Å². The summed E-state index contributed by atoms with van der Waals surface area (Å²) in [5, 5.41) is 5.52. The Kier molecular flexibility index (Phi) is 22.4. The van der Waals surface area contributed by atoms with E-state index in [1.807, 2.05) is 180 Å². The van der Waals surface area contributed by atoms with Crippen molar-refractivity contribution in [3.63, 3.8) is 0 Å². The van der Waals surface area contributed by atoms with Crippen LogP contribution in [0.3, 0.4) is 0 Å². The minimum atomic E-state index is -0.110. The zero-order valence-corrected chi connectivity index (χ0v) is 70.0. The van der Waals surface area contributed by atoms with E-state index in [-0.39, 0.29) is 22.2 Å². The van der Waals surface area contributed by atoms with Gasteiger partial charge in [-0.15, -0.1) is 0 Å². The van der Waals surface area contributed by atoms with Gasteiger partial charge in [0.25, 0.3) is 22.2 Å². The molecule has 0 atom stereocenters. The molecule has 20 heterocycles. The Hall–Kier alpha value is -11.2. The second kappa shape index (κ2) is 33.3. The summed E-state index contributed by atoms with van der Waals surface area (Å²) in [6.07, 6.45) is 27.4. The molecular formula is C88H90Cl4N22O4. The van der Waals surface area contributed by atoms with Crippen molar-refractivity contribution in [2.45, 2.75) is 92.0 Å². The molecule has 0 unspecified atom stereocenters. The first-order valence-electron chi connectivity index (χ1n) is 40.1. The molecule has 118 heavy (non-hydrogen) atoms. The first-order valence-corrected chi connectivity index (χ1v) is 41.6. The van der Waals surface area contributed by atoms with Crippen LogP contribution >= 0.6 is 46.4 Å². The van der Waals surface area contributed by atoms with Crippen LogP contribution in [0.25, 0.3) is 90.2 Å². The van der Waals surface area contributed by atoms with Crippen LogP contribution in [0.2, 0.25) is 20.1 Å². The van der Waals surface area contributed by atoms with Crippen molar-refractivity contribution in [2.24, 2.45) is 0 Å². The van der Waals surface area contributed by atoms with Crippen LogP contribution in [0.1, 0.15) is 92.2 Å². The SMILES string of the molecule is CCN1CCN(c2ccc3nc(-c4cc(Cl)c5nc(C)cn5c4)cc(=O)n3c2)CC1.Cc1cn2cc(-c3cc(=O)n4cc(C5CCN(C)CC5)ccc4n3)cc(Cl)c2n1.Cc1cn2cc(-c3cc(=O)n4cc(C5CCNCC5)ccc4n3)cc(Cl)c2n1.Cc1cn2cc(-c3cc(=O)n4cc(N5CCN(C(C)C)CC5)ccc4n3)cc(Cl)c2n1. The lowest BCUT2D eigenvalue weighted by Crippen LogP contribution is -2.49. The first-order chi connectivity index (χ1) is 57.0. The molecule has 0 spiro atoms. The number of likely N-dealkylation sites (N-methyl/N-ethyl adjacent to an activating group) is 1. The van der Waals surface area contributed by atoms with Crippen LogP contribution < -0.4 is 37.4 Å².